The predicted molar refractivity (Wildman–Crippen MR) is 247 cm³/mol. The van der Waals surface area contributed by atoms with Crippen molar-refractivity contribution in [2.24, 2.45) is 17.3 Å². The van der Waals surface area contributed by atoms with E-state index in [0.717, 1.165) is 39.1 Å². The van der Waals surface area contributed by atoms with Crippen LogP contribution in [0.5, 0.6) is 0 Å². The molecule has 6 bridgehead atoms. The molecule has 4 aliphatic heterocycles. The van der Waals surface area contributed by atoms with Crippen molar-refractivity contribution in [3.63, 3.8) is 0 Å². The van der Waals surface area contributed by atoms with Crippen LogP contribution in [0.2, 0.25) is 0 Å². The Bertz CT molecular complexity index is 2270. The highest BCUT2D eigenvalue weighted by Gasteiger charge is 2.41. The molecular formula is C49H68N8O8. The van der Waals surface area contributed by atoms with E-state index in [2.05, 4.69) is 71.8 Å². The molecule has 16 heteroatoms. The van der Waals surface area contributed by atoms with E-state index in [0.29, 0.717) is 65.0 Å². The summed E-state index contributed by atoms with van der Waals surface area (Å²) in [6, 6.07) is 7.87. The number of anilines is 1. The predicted octanol–water partition coefficient (Wildman–Crippen LogP) is 4.65. The number of hydrogen-bond donors (Lipinski definition) is 2. The molecule has 4 amide bonds. The minimum atomic E-state index is -1.05. The van der Waals surface area contributed by atoms with Crippen molar-refractivity contribution in [1.29, 1.82) is 0 Å². The topological polar surface area (TPSA) is 168 Å². The van der Waals surface area contributed by atoms with Gasteiger partial charge in [-0.3, -0.25) is 34.0 Å². The molecule has 2 aromatic heterocycles. The number of likely N-dealkylation sites (N-methyl/N-ethyl adjacent to an activating group) is 1. The second-order valence-corrected chi connectivity index (χ2v) is 19.2. The summed E-state index contributed by atoms with van der Waals surface area (Å²) in [5.41, 5.74) is 8.75. The maximum atomic E-state index is 14.7. The summed E-state index contributed by atoms with van der Waals surface area (Å²) in [5, 5.41) is 5.58. The van der Waals surface area contributed by atoms with Gasteiger partial charge in [-0.25, -0.2) is 5.43 Å². The summed E-state index contributed by atoms with van der Waals surface area (Å²) in [6.45, 7) is 19.0. The molecule has 4 aliphatic rings. The lowest BCUT2D eigenvalue weighted by Gasteiger charge is -2.39. The van der Waals surface area contributed by atoms with Gasteiger partial charge in [-0.05, 0) is 87.4 Å². The summed E-state index contributed by atoms with van der Waals surface area (Å²) < 4.78 is 20.7. The first-order valence-electron chi connectivity index (χ1n) is 23.3. The van der Waals surface area contributed by atoms with Gasteiger partial charge in [0.25, 0.3) is 5.91 Å². The Hall–Kier alpha value is -5.32. The molecule has 2 N–H and O–H groups in total. The third-order valence-corrected chi connectivity index (χ3v) is 13.6. The fraction of sp³-hybridized carbons (Fsp3) is 0.592. The number of hydrogen-bond acceptors (Lipinski definition) is 11. The van der Waals surface area contributed by atoms with Gasteiger partial charge in [-0.2, -0.15) is 0 Å². The van der Waals surface area contributed by atoms with E-state index in [9.17, 15) is 24.0 Å². The van der Waals surface area contributed by atoms with Crippen molar-refractivity contribution in [2.45, 2.75) is 111 Å². The van der Waals surface area contributed by atoms with E-state index in [-0.39, 0.29) is 43.4 Å². The van der Waals surface area contributed by atoms with Crippen LogP contribution in [0, 0.1) is 17.3 Å². The highest BCUT2D eigenvalue weighted by atomic mass is 16.5. The summed E-state index contributed by atoms with van der Waals surface area (Å²) in [5.74, 6) is -2.57. The smallest absolute Gasteiger partial charge is 0.324 e. The third-order valence-electron chi connectivity index (χ3n) is 13.6. The van der Waals surface area contributed by atoms with E-state index in [4.69, 9.17) is 19.2 Å². The monoisotopic (exact) mass is 897 g/mol. The molecule has 0 saturated carbocycles. The lowest BCUT2D eigenvalue weighted by Crippen LogP contribution is -2.62. The molecule has 65 heavy (non-hydrogen) atoms. The molecule has 0 unspecified atom stereocenters. The minimum Gasteiger partial charge on any atom is -0.464 e. The van der Waals surface area contributed by atoms with E-state index < -0.39 is 53.3 Å². The number of nitrogens with one attached hydrogen (secondary N) is 2. The number of aryl methyl sites for hydroxylation is 1. The number of pyridine rings is 1. The number of cyclic esters (lactones) is 1. The van der Waals surface area contributed by atoms with Crippen LogP contribution in [0.1, 0.15) is 84.6 Å². The largest absolute Gasteiger partial charge is 0.464 e. The van der Waals surface area contributed by atoms with Crippen molar-refractivity contribution in [3.8, 4) is 11.3 Å². The number of methoxy groups -OCH3 is 1. The molecule has 3 saturated heterocycles. The van der Waals surface area contributed by atoms with Gasteiger partial charge in [0.1, 0.15) is 18.1 Å². The van der Waals surface area contributed by atoms with Crippen LogP contribution in [-0.2, 0) is 51.1 Å². The number of nitrogens with zero attached hydrogens (tertiary/aromatic N) is 6. The Morgan fingerprint density at radius 2 is 1.89 bits per heavy atom. The van der Waals surface area contributed by atoms with Crippen LogP contribution < -0.4 is 15.6 Å². The van der Waals surface area contributed by atoms with Gasteiger partial charge in [-0.1, -0.05) is 34.3 Å². The van der Waals surface area contributed by atoms with Crippen molar-refractivity contribution in [2.75, 3.05) is 65.0 Å². The maximum Gasteiger partial charge on any atom is 0.324 e. The first kappa shape index (κ1) is 47.6. The van der Waals surface area contributed by atoms with Crippen molar-refractivity contribution >= 4 is 46.2 Å². The standard InChI is InChI=1S/C49H68N8O8/c1-10-41(58)55-21-18-32(27-55)46(60)53(8)43(30(3)4)45(59)51-39-25-34-28-54(22-23-64-34)33-16-17-40-36(24-33)37(44(56(40)11-2)35-14-12-19-50-42(35)31(5)63-9)26-49(6,7)29-65-48(62)38-15-13-20-57(52-38)47(39)61/h10,12,14,16-17,19,24,30-32,34,38-39,43,52H,1,11,13,15,18,20-23,25-29H2,2-9H3,(H,51,59)/t31-,32-,34-,38-,39-,43-/m0/s1. The summed E-state index contributed by atoms with van der Waals surface area (Å²) in [6.07, 6.45) is 4.57. The van der Waals surface area contributed by atoms with E-state index in [1.54, 1.807) is 25.3 Å². The van der Waals surface area contributed by atoms with Crippen LogP contribution in [-0.4, -0.2) is 138 Å². The summed E-state index contributed by atoms with van der Waals surface area (Å²) in [7, 11) is 3.30. The van der Waals surface area contributed by atoms with Crippen LogP contribution >= 0.6 is 0 Å². The second kappa shape index (κ2) is 20.0. The summed E-state index contributed by atoms with van der Waals surface area (Å²) in [4.78, 5) is 79.4. The van der Waals surface area contributed by atoms with Crippen molar-refractivity contribution < 1.29 is 38.2 Å². The molecule has 1 aromatic carbocycles. The fourth-order valence-electron chi connectivity index (χ4n) is 10.2. The Balaban J connectivity index is 1.24. The highest BCUT2D eigenvalue weighted by molar-refractivity contribution is 5.95. The summed E-state index contributed by atoms with van der Waals surface area (Å²) >= 11 is 0. The lowest BCUT2D eigenvalue weighted by molar-refractivity contribution is -0.156. The quantitative estimate of drug-likeness (QED) is 0.215. The molecule has 16 nitrogen and oxygen atoms in total. The van der Waals surface area contributed by atoms with Gasteiger partial charge in [0.2, 0.25) is 17.7 Å². The molecule has 0 aliphatic carbocycles. The number of rotatable bonds is 10. The van der Waals surface area contributed by atoms with Gasteiger partial charge in [0, 0.05) is 93.6 Å². The number of ether oxygens (including phenoxy) is 3. The molecule has 3 aromatic rings. The van der Waals surface area contributed by atoms with Crippen molar-refractivity contribution in [3.05, 3.63) is 60.4 Å². The number of hydrazine groups is 1. The normalized spacial score (nSPS) is 23.7. The maximum absolute atomic E-state index is 14.7. The Kier molecular flexibility index (Phi) is 14.7. The van der Waals surface area contributed by atoms with Crippen LogP contribution in [0.25, 0.3) is 22.2 Å². The molecule has 6 heterocycles. The number of amides is 4. The number of likely N-dealkylation sites (tertiary alicyclic amines) is 1. The van der Waals surface area contributed by atoms with Crippen LogP contribution in [0.4, 0.5) is 5.69 Å². The van der Waals surface area contributed by atoms with E-state index in [1.165, 1.54) is 16.0 Å². The zero-order valence-corrected chi connectivity index (χ0v) is 39.4. The first-order valence-corrected chi connectivity index (χ1v) is 23.3. The molecule has 7 rings (SSSR count). The van der Waals surface area contributed by atoms with Gasteiger partial charge in [0.15, 0.2) is 0 Å². The van der Waals surface area contributed by atoms with Gasteiger partial charge >= 0.3 is 5.97 Å². The zero-order valence-electron chi connectivity index (χ0n) is 39.4. The SMILES string of the molecule is C=CC(=O)N1CC[C@H](C(=O)N(C)[C@H](C(=O)N[C@H]2C[C@H]3CN(CCO3)c3ccc4c(c3)c(c(-c3cccnc3[C@H](C)OC)n4CC)CC(C)(C)COC(=O)[C@@H]3CCCN(N3)C2=O)C(C)C)C1. The number of esters is 1. The average Bonchev–Trinajstić information content (AvgIpc) is 3.92. The van der Waals surface area contributed by atoms with Gasteiger partial charge in [-0.15, -0.1) is 0 Å². The molecule has 0 radical (unpaired) electrons. The average molecular weight is 897 g/mol. The number of morpholine rings is 1. The molecule has 6 atom stereocenters. The number of benzene rings is 1. The fourth-order valence-corrected chi connectivity index (χ4v) is 10.2. The van der Waals surface area contributed by atoms with Crippen LogP contribution in [0.3, 0.4) is 0 Å². The number of carbonyl (C=O) groups is 5. The molecular weight excluding hydrogens is 829 g/mol. The van der Waals surface area contributed by atoms with E-state index in [1.807, 2.05) is 26.8 Å². The van der Waals surface area contributed by atoms with Gasteiger partial charge < -0.3 is 38.8 Å². The Morgan fingerprint density at radius 1 is 1.11 bits per heavy atom. The molecule has 0 spiro atoms. The van der Waals surface area contributed by atoms with Gasteiger partial charge in [0.05, 0.1) is 42.7 Å². The van der Waals surface area contributed by atoms with E-state index >= 15 is 0 Å². The number of aromatic nitrogens is 2. The molecule has 352 valence electrons. The van der Waals surface area contributed by atoms with Crippen molar-refractivity contribution in [1.82, 2.24) is 35.1 Å². The minimum absolute atomic E-state index is 0.139. The second-order valence-electron chi connectivity index (χ2n) is 19.2. The number of fused-ring (bicyclic) bond motifs is 6. The van der Waals surface area contributed by atoms with Crippen LogP contribution in [0.15, 0.2) is 49.2 Å². The third kappa shape index (κ3) is 10.1. The Labute approximate surface area is 382 Å². The molecule has 3 fully saturated rings. The zero-order chi connectivity index (χ0) is 46.7. The Morgan fingerprint density at radius 3 is 2.62 bits per heavy atom. The lowest BCUT2D eigenvalue weighted by atomic mass is 9.84. The highest BCUT2D eigenvalue weighted by Crippen LogP contribution is 2.42. The first-order chi connectivity index (χ1) is 31.0. The number of carbonyl (C=O) groups excluding carboxylic acids is 5.